The molecule has 1 aliphatic heterocycles. The number of carbonyl (C=O) groups is 1. The number of nitrogens with two attached hydrogens (primary N) is 1. The lowest BCUT2D eigenvalue weighted by molar-refractivity contribution is -0.327. The number of thiophene rings is 1. The maximum absolute atomic E-state index is 12.5. The van der Waals surface area contributed by atoms with Gasteiger partial charge in [0.25, 0.3) is 5.82 Å². The SMILES string of the molecule is Cc1c(C#N)c(N)[nH+]c2c3c(sc12)NC(=O)C[C@@H]3c1ccc(OCc2ccccc2)cc1. The zero-order chi connectivity index (χ0) is 22.2. The summed E-state index contributed by atoms with van der Waals surface area (Å²) in [6.45, 7) is 2.39. The van der Waals surface area contributed by atoms with Crippen LogP contribution in [0.1, 0.15) is 40.2 Å². The van der Waals surface area contributed by atoms with Gasteiger partial charge < -0.3 is 10.1 Å². The van der Waals surface area contributed by atoms with Crippen LogP contribution >= 0.6 is 11.3 Å². The molecule has 0 radical (unpaired) electrons. The van der Waals surface area contributed by atoms with Crippen LogP contribution in [0.2, 0.25) is 0 Å². The van der Waals surface area contributed by atoms with Gasteiger partial charge in [-0.05, 0) is 35.7 Å². The maximum atomic E-state index is 12.5. The van der Waals surface area contributed by atoms with Crippen molar-refractivity contribution in [2.75, 3.05) is 11.1 Å². The van der Waals surface area contributed by atoms with Crippen LogP contribution in [0.5, 0.6) is 5.75 Å². The number of hydrogen-bond acceptors (Lipinski definition) is 5. The summed E-state index contributed by atoms with van der Waals surface area (Å²) in [6, 6.07) is 20.1. The number of aromatic amines is 1. The first-order chi connectivity index (χ1) is 15.5. The van der Waals surface area contributed by atoms with Gasteiger partial charge in [-0.25, -0.2) is 4.98 Å². The average molecular weight is 442 g/mol. The number of H-pyrrole nitrogens is 1. The minimum Gasteiger partial charge on any atom is -0.489 e. The summed E-state index contributed by atoms with van der Waals surface area (Å²) in [7, 11) is 0. The third-order valence-corrected chi connectivity index (χ3v) is 7.06. The summed E-state index contributed by atoms with van der Waals surface area (Å²) < 4.78 is 6.85. The van der Waals surface area contributed by atoms with Crippen molar-refractivity contribution in [1.29, 1.82) is 5.26 Å². The summed E-state index contributed by atoms with van der Waals surface area (Å²) >= 11 is 1.48. The van der Waals surface area contributed by atoms with Crippen LogP contribution in [-0.2, 0) is 11.4 Å². The molecule has 0 unspecified atom stereocenters. The number of hydrogen-bond donors (Lipinski definition) is 2. The first kappa shape index (κ1) is 20.0. The molecular formula is C25H21N4O2S+. The Labute approximate surface area is 189 Å². The Balaban J connectivity index is 1.50. The summed E-state index contributed by atoms with van der Waals surface area (Å²) in [4.78, 5) is 15.7. The number of anilines is 2. The number of ether oxygens (including phenoxy) is 1. The average Bonchev–Trinajstić information content (AvgIpc) is 3.17. The van der Waals surface area contributed by atoms with Crippen molar-refractivity contribution in [2.24, 2.45) is 0 Å². The number of fused-ring (bicyclic) bond motifs is 3. The molecular weight excluding hydrogens is 420 g/mol. The van der Waals surface area contributed by atoms with Gasteiger partial charge in [0.2, 0.25) is 5.91 Å². The van der Waals surface area contributed by atoms with Crippen molar-refractivity contribution in [3.63, 3.8) is 0 Å². The van der Waals surface area contributed by atoms with Gasteiger partial charge >= 0.3 is 0 Å². The lowest BCUT2D eigenvalue weighted by atomic mass is 9.86. The Kier molecular flexibility index (Phi) is 5.00. The first-order valence-corrected chi connectivity index (χ1v) is 11.1. The molecule has 0 saturated carbocycles. The first-order valence-electron chi connectivity index (χ1n) is 10.3. The second-order valence-electron chi connectivity index (χ2n) is 7.85. The van der Waals surface area contributed by atoms with E-state index in [1.54, 1.807) is 0 Å². The van der Waals surface area contributed by atoms with Gasteiger partial charge in [-0.2, -0.15) is 5.26 Å². The van der Waals surface area contributed by atoms with Crippen LogP contribution in [0.4, 0.5) is 10.8 Å². The lowest BCUT2D eigenvalue weighted by Gasteiger charge is -2.23. The highest BCUT2D eigenvalue weighted by molar-refractivity contribution is 7.23. The largest absolute Gasteiger partial charge is 0.489 e. The Morgan fingerprint density at radius 2 is 1.97 bits per heavy atom. The third kappa shape index (κ3) is 3.45. The highest BCUT2D eigenvalue weighted by Crippen LogP contribution is 2.46. The van der Waals surface area contributed by atoms with Gasteiger partial charge in [-0.3, -0.25) is 10.5 Å². The fourth-order valence-electron chi connectivity index (χ4n) is 4.20. The number of rotatable bonds is 4. The highest BCUT2D eigenvalue weighted by Gasteiger charge is 2.33. The number of aromatic nitrogens is 1. The van der Waals surface area contributed by atoms with Crippen molar-refractivity contribution in [3.8, 4) is 11.8 Å². The number of pyridine rings is 1. The zero-order valence-corrected chi connectivity index (χ0v) is 18.3. The molecule has 32 heavy (non-hydrogen) atoms. The second-order valence-corrected chi connectivity index (χ2v) is 8.87. The molecule has 5 rings (SSSR count). The van der Waals surface area contributed by atoms with E-state index in [1.165, 1.54) is 11.3 Å². The molecule has 2 aromatic heterocycles. The summed E-state index contributed by atoms with van der Waals surface area (Å²) in [5.74, 6) is 0.986. The van der Waals surface area contributed by atoms with Gasteiger partial charge in [0, 0.05) is 17.9 Å². The molecule has 1 aliphatic rings. The van der Waals surface area contributed by atoms with E-state index in [2.05, 4.69) is 16.4 Å². The number of nitrogens with one attached hydrogen (secondary N) is 2. The van der Waals surface area contributed by atoms with Crippen LogP contribution in [-0.4, -0.2) is 5.91 Å². The van der Waals surface area contributed by atoms with Gasteiger partial charge in [0.1, 0.15) is 34.5 Å². The minimum atomic E-state index is -0.112. The Hall–Kier alpha value is -3.89. The standard InChI is InChI=1S/C25H20N4O2S/c1-14-19(12-26)24(27)29-22-21-18(11-20(30)28-25(21)32-23(14)22)16-7-9-17(10-8-16)31-13-15-5-3-2-4-6-15/h2-10,18H,11,13H2,1H3,(H2,27,29)(H,28,30)/p+1/t18-/m1/s1. The second kappa shape index (κ2) is 7.98. The van der Waals surface area contributed by atoms with Gasteiger partial charge in [-0.1, -0.05) is 42.5 Å². The molecule has 1 amide bonds. The van der Waals surface area contributed by atoms with E-state index < -0.39 is 0 Å². The van der Waals surface area contributed by atoms with Gasteiger partial charge in [0.15, 0.2) is 0 Å². The quantitative estimate of drug-likeness (QED) is 0.486. The van der Waals surface area contributed by atoms with E-state index in [0.717, 1.165) is 43.2 Å². The van der Waals surface area contributed by atoms with Crippen molar-refractivity contribution in [3.05, 3.63) is 82.4 Å². The van der Waals surface area contributed by atoms with Crippen LogP contribution in [0.3, 0.4) is 0 Å². The van der Waals surface area contributed by atoms with E-state index in [9.17, 15) is 10.1 Å². The van der Waals surface area contributed by atoms with Crippen LogP contribution < -0.4 is 20.8 Å². The van der Waals surface area contributed by atoms with E-state index in [1.807, 2.05) is 61.5 Å². The fourth-order valence-corrected chi connectivity index (χ4v) is 5.44. The number of benzene rings is 2. The molecule has 0 aliphatic carbocycles. The lowest BCUT2D eigenvalue weighted by Crippen LogP contribution is -2.24. The molecule has 3 heterocycles. The normalized spacial score (nSPS) is 15.1. The number of nitrogen functional groups attached to an aromatic ring is 1. The summed E-state index contributed by atoms with van der Waals surface area (Å²) in [5.41, 5.74) is 11.4. The van der Waals surface area contributed by atoms with Crippen LogP contribution in [0.25, 0.3) is 10.2 Å². The molecule has 7 heteroatoms. The monoisotopic (exact) mass is 441 g/mol. The molecule has 0 spiro atoms. The predicted octanol–water partition coefficient (Wildman–Crippen LogP) is 4.53. The number of aryl methyl sites for hydroxylation is 1. The third-order valence-electron chi connectivity index (χ3n) is 5.82. The molecule has 0 bridgehead atoms. The van der Waals surface area contributed by atoms with E-state index >= 15 is 0 Å². The molecule has 1 atom stereocenters. The maximum Gasteiger partial charge on any atom is 0.289 e. The Morgan fingerprint density at radius 1 is 1.22 bits per heavy atom. The predicted molar refractivity (Wildman–Crippen MR) is 125 cm³/mol. The van der Waals surface area contributed by atoms with Gasteiger partial charge in [0.05, 0.1) is 4.70 Å². The Bertz CT molecular complexity index is 1370. The van der Waals surface area contributed by atoms with Crippen molar-refractivity contribution in [2.45, 2.75) is 25.9 Å². The van der Waals surface area contributed by atoms with E-state index in [-0.39, 0.29) is 11.8 Å². The van der Waals surface area contributed by atoms with E-state index in [0.29, 0.717) is 24.4 Å². The summed E-state index contributed by atoms with van der Waals surface area (Å²) in [6.07, 6.45) is 0.343. The fraction of sp³-hybridized carbons (Fsp3) is 0.160. The molecule has 158 valence electrons. The summed E-state index contributed by atoms with van der Waals surface area (Å²) in [5, 5.41) is 13.2. The Morgan fingerprint density at radius 3 is 2.69 bits per heavy atom. The molecule has 4 N–H and O–H groups in total. The van der Waals surface area contributed by atoms with Crippen molar-refractivity contribution in [1.82, 2.24) is 0 Å². The minimum absolute atomic E-state index is 0.0235. The van der Waals surface area contributed by atoms with Crippen LogP contribution in [0, 0.1) is 18.3 Å². The molecule has 4 aromatic rings. The molecule has 6 nitrogen and oxygen atoms in total. The number of nitrogens with zero attached hydrogens (tertiary/aromatic N) is 1. The number of amides is 1. The van der Waals surface area contributed by atoms with Crippen molar-refractivity contribution < 1.29 is 14.5 Å². The number of carbonyl (C=O) groups excluding carboxylic acids is 1. The molecule has 0 saturated heterocycles. The molecule has 0 fully saturated rings. The van der Waals surface area contributed by atoms with Crippen LogP contribution in [0.15, 0.2) is 54.6 Å². The molecule has 2 aromatic carbocycles. The van der Waals surface area contributed by atoms with E-state index in [4.69, 9.17) is 10.5 Å². The highest BCUT2D eigenvalue weighted by atomic mass is 32.1. The van der Waals surface area contributed by atoms with Crippen molar-refractivity contribution >= 4 is 38.3 Å². The number of nitriles is 1. The smallest absolute Gasteiger partial charge is 0.289 e. The topological polar surface area (TPSA) is 102 Å². The van der Waals surface area contributed by atoms with Gasteiger partial charge in [-0.15, -0.1) is 11.3 Å². The zero-order valence-electron chi connectivity index (χ0n) is 17.4.